The minimum atomic E-state index is -0.436. The van der Waals surface area contributed by atoms with Gasteiger partial charge < -0.3 is 0 Å². The van der Waals surface area contributed by atoms with Gasteiger partial charge in [0.25, 0.3) is 0 Å². The first-order valence-corrected chi connectivity index (χ1v) is 10.6. The third-order valence-electron chi connectivity index (χ3n) is 4.78. The Bertz CT molecular complexity index is 961. The third kappa shape index (κ3) is 2.92. The van der Waals surface area contributed by atoms with Gasteiger partial charge in [-0.3, -0.25) is 0 Å². The molecule has 0 saturated heterocycles. The second-order valence-corrected chi connectivity index (χ2v) is 10.1. The van der Waals surface area contributed by atoms with Crippen LogP contribution in [0.25, 0.3) is 5.76 Å². The van der Waals surface area contributed by atoms with Crippen molar-refractivity contribution in [3.8, 4) is 0 Å². The summed E-state index contributed by atoms with van der Waals surface area (Å²) in [6.45, 7) is 4.11. The van der Waals surface area contributed by atoms with Crippen molar-refractivity contribution in [1.82, 2.24) is 0 Å². The van der Waals surface area contributed by atoms with Crippen molar-refractivity contribution < 1.29 is 14.3 Å². The van der Waals surface area contributed by atoms with Crippen molar-refractivity contribution in [3.63, 3.8) is 0 Å². The Balaban J connectivity index is 1.74. The van der Waals surface area contributed by atoms with E-state index in [-0.39, 0.29) is 19.8 Å². The van der Waals surface area contributed by atoms with Gasteiger partial charge >= 0.3 is 164 Å². The molecule has 0 bridgehead atoms. The van der Waals surface area contributed by atoms with Gasteiger partial charge in [-0.1, -0.05) is 0 Å². The minimum absolute atomic E-state index is 0.0627. The number of fused-ring (bicyclic) bond motifs is 2. The first-order chi connectivity index (χ1) is 12.4. The van der Waals surface area contributed by atoms with E-state index in [1.807, 2.05) is 30.3 Å². The van der Waals surface area contributed by atoms with Gasteiger partial charge in [-0.15, -0.1) is 0 Å². The predicted molar refractivity (Wildman–Crippen MR) is 103 cm³/mol. The van der Waals surface area contributed by atoms with Gasteiger partial charge in [0.1, 0.15) is 0 Å². The molecule has 4 rings (SSSR count). The summed E-state index contributed by atoms with van der Waals surface area (Å²) in [5, 5.41) is 0.705. The number of hydrogen-bond donors (Lipinski definition) is 0. The van der Waals surface area contributed by atoms with Gasteiger partial charge in [0, 0.05) is 0 Å². The molecular weight excluding hydrogens is 415 g/mol. The van der Waals surface area contributed by atoms with Crippen molar-refractivity contribution in [2.75, 3.05) is 0 Å². The SMILES string of the molecule is CC1(C)OC2=C(CC1[Se]c1cccc(Cl)c1)C(=O)C(=O)c1ccccc12. The van der Waals surface area contributed by atoms with Crippen molar-refractivity contribution in [1.29, 1.82) is 0 Å². The van der Waals surface area contributed by atoms with Crippen LogP contribution in [-0.4, -0.2) is 32.1 Å². The van der Waals surface area contributed by atoms with E-state index >= 15 is 0 Å². The predicted octanol–water partition coefficient (Wildman–Crippen LogP) is 3.83. The van der Waals surface area contributed by atoms with Crippen LogP contribution in [0.3, 0.4) is 0 Å². The molecule has 0 fully saturated rings. The summed E-state index contributed by atoms with van der Waals surface area (Å²) in [7, 11) is 0. The van der Waals surface area contributed by atoms with E-state index in [9.17, 15) is 9.59 Å². The van der Waals surface area contributed by atoms with E-state index in [4.69, 9.17) is 16.3 Å². The topological polar surface area (TPSA) is 43.4 Å². The Hall–Kier alpha value is -1.87. The number of benzene rings is 2. The van der Waals surface area contributed by atoms with Gasteiger partial charge in [0.15, 0.2) is 0 Å². The van der Waals surface area contributed by atoms with Crippen LogP contribution >= 0.6 is 11.6 Å². The molecule has 0 N–H and O–H groups in total. The summed E-state index contributed by atoms with van der Waals surface area (Å²) in [6.07, 6.45) is 0.549. The molecule has 26 heavy (non-hydrogen) atoms. The van der Waals surface area contributed by atoms with Crippen molar-refractivity contribution >= 4 is 48.3 Å². The van der Waals surface area contributed by atoms with Gasteiger partial charge in [-0.05, 0) is 0 Å². The molecule has 0 radical (unpaired) electrons. The third-order valence-corrected chi connectivity index (χ3v) is 8.25. The first-order valence-electron chi connectivity index (χ1n) is 8.39. The molecule has 1 aliphatic carbocycles. The van der Waals surface area contributed by atoms with Crippen molar-refractivity contribution in [2.45, 2.75) is 30.7 Å². The fourth-order valence-corrected chi connectivity index (χ4v) is 6.34. The Morgan fingerprint density at radius 2 is 1.77 bits per heavy atom. The average molecular weight is 432 g/mol. The molecule has 0 aromatic heterocycles. The molecule has 2 aromatic rings. The molecule has 3 nitrogen and oxygen atoms in total. The van der Waals surface area contributed by atoms with Crippen molar-refractivity contribution in [2.24, 2.45) is 0 Å². The van der Waals surface area contributed by atoms with Crippen molar-refractivity contribution in [3.05, 3.63) is 70.3 Å². The summed E-state index contributed by atoms with van der Waals surface area (Å²) in [4.78, 5) is 25.3. The zero-order valence-electron chi connectivity index (χ0n) is 14.4. The zero-order valence-corrected chi connectivity index (χ0v) is 16.9. The van der Waals surface area contributed by atoms with E-state index in [1.165, 1.54) is 0 Å². The summed E-state index contributed by atoms with van der Waals surface area (Å²) in [5.74, 6) is -0.286. The van der Waals surface area contributed by atoms with Crippen LogP contribution in [0.5, 0.6) is 0 Å². The number of ketones is 2. The Kier molecular flexibility index (Phi) is 4.30. The Morgan fingerprint density at radius 1 is 1.04 bits per heavy atom. The maximum atomic E-state index is 12.7. The molecule has 0 spiro atoms. The molecule has 1 aliphatic heterocycles. The molecule has 2 aromatic carbocycles. The van der Waals surface area contributed by atoms with Gasteiger partial charge in [0.05, 0.1) is 0 Å². The van der Waals surface area contributed by atoms with Crippen LogP contribution in [-0.2, 0) is 9.53 Å². The van der Waals surface area contributed by atoms with E-state index in [0.717, 1.165) is 10.0 Å². The molecule has 1 atom stereocenters. The standard InChI is InChI=1S/C21H17ClO3Se/c1-21(2)17(26-13-7-5-6-12(22)10-13)11-16-19(24)18(23)14-8-3-4-9-15(14)20(16)25-21/h3-10,17H,11H2,1-2H3. The second-order valence-electron chi connectivity index (χ2n) is 6.99. The molecular formula is C21H17ClO3Se. The molecule has 2 aliphatic rings. The molecule has 5 heteroatoms. The molecule has 132 valence electrons. The molecule has 0 saturated carbocycles. The molecule has 1 heterocycles. The van der Waals surface area contributed by atoms with E-state index < -0.39 is 17.2 Å². The Labute approximate surface area is 163 Å². The van der Waals surface area contributed by atoms with Crippen LogP contribution in [0.4, 0.5) is 0 Å². The normalized spacial score (nSPS) is 21.1. The van der Waals surface area contributed by atoms with Gasteiger partial charge in [-0.25, -0.2) is 0 Å². The second kappa shape index (κ2) is 6.38. The summed E-state index contributed by atoms with van der Waals surface area (Å²) in [5.41, 5.74) is 1.25. The van der Waals surface area contributed by atoms with Crippen LogP contribution in [0, 0.1) is 0 Å². The maximum absolute atomic E-state index is 12.7. The first kappa shape index (κ1) is 17.5. The number of halogens is 1. The Morgan fingerprint density at radius 3 is 2.50 bits per heavy atom. The summed E-state index contributed by atoms with van der Waals surface area (Å²) in [6, 6.07) is 15.0. The van der Waals surface area contributed by atoms with Crippen LogP contribution in [0.15, 0.2) is 54.1 Å². The molecule has 1 unspecified atom stereocenters. The van der Waals surface area contributed by atoms with Gasteiger partial charge in [-0.2, -0.15) is 0 Å². The van der Waals surface area contributed by atoms with Gasteiger partial charge in [0.2, 0.25) is 0 Å². The summed E-state index contributed by atoms with van der Waals surface area (Å²) < 4.78 is 7.49. The molecule has 0 amide bonds. The number of allylic oxidation sites excluding steroid dienone is 1. The number of rotatable bonds is 2. The number of hydrogen-bond acceptors (Lipinski definition) is 3. The van der Waals surface area contributed by atoms with Crippen LogP contribution in [0.2, 0.25) is 9.84 Å². The number of ether oxygens (including phenoxy) is 1. The zero-order chi connectivity index (χ0) is 18.5. The number of Topliss-reactive ketones (excluding diaryl/α,β-unsaturated/α-hetero) is 2. The van der Waals surface area contributed by atoms with E-state index in [2.05, 4.69) is 19.9 Å². The fraction of sp³-hybridized carbons (Fsp3) is 0.238. The quantitative estimate of drug-likeness (QED) is 0.536. The van der Waals surface area contributed by atoms with Crippen LogP contribution in [0.1, 0.15) is 36.2 Å². The number of carbonyl (C=O) groups is 2. The fourth-order valence-electron chi connectivity index (χ4n) is 3.35. The monoisotopic (exact) mass is 432 g/mol. The average Bonchev–Trinajstić information content (AvgIpc) is 2.61. The number of carbonyl (C=O) groups excluding carboxylic acids is 2. The van der Waals surface area contributed by atoms with Crippen LogP contribution < -0.4 is 4.46 Å². The van der Waals surface area contributed by atoms with E-state index in [1.54, 1.807) is 12.1 Å². The van der Waals surface area contributed by atoms with E-state index in [0.29, 0.717) is 28.3 Å². The summed E-state index contributed by atoms with van der Waals surface area (Å²) >= 11 is 6.18.